The molecule has 1 saturated heterocycles. The number of ether oxygens (including phenoxy) is 1. The number of rotatable bonds is 0. The number of aliphatic hydroxyl groups is 1. The summed E-state index contributed by atoms with van der Waals surface area (Å²) in [7, 11) is 0. The summed E-state index contributed by atoms with van der Waals surface area (Å²) in [5, 5.41) is 8.45. The number of allylic oxidation sites excluding steroid dienone is 1. The summed E-state index contributed by atoms with van der Waals surface area (Å²) >= 11 is 0. The van der Waals surface area contributed by atoms with Crippen molar-refractivity contribution in [3.05, 3.63) is 11.8 Å². The van der Waals surface area contributed by atoms with E-state index >= 15 is 0 Å². The van der Waals surface area contributed by atoms with E-state index in [1.807, 2.05) is 0 Å². The smallest absolute Gasteiger partial charge is 0.423 e. The Balaban J connectivity index is 2.31. The van der Waals surface area contributed by atoms with Gasteiger partial charge in [-0.2, -0.15) is 0 Å². The predicted molar refractivity (Wildman–Crippen MR) is 46.8 cm³/mol. The Hall–Kier alpha value is -1.63. The number of aliphatic hydroxyl groups excluding tert-OH is 1. The van der Waals surface area contributed by atoms with Gasteiger partial charge in [-0.05, 0) is 19.3 Å². The van der Waals surface area contributed by atoms with Crippen LogP contribution in [-0.4, -0.2) is 29.2 Å². The lowest BCUT2D eigenvalue weighted by molar-refractivity contribution is 0.116. The standard InChI is InChI=1S/C9H11NO3/c1-8(7-11)3-6-13-9(12)10-4-2-5-10/h7,11H,2,4-5H2,1H3/b8-7+. The Morgan fingerprint density at radius 3 is 2.77 bits per heavy atom. The molecule has 1 amide bonds. The lowest BCUT2D eigenvalue weighted by atomic mass is 10.2. The molecule has 1 N–H and O–H groups in total. The zero-order valence-corrected chi connectivity index (χ0v) is 7.41. The zero-order chi connectivity index (χ0) is 9.68. The largest absolute Gasteiger partial charge is 0.515 e. The first kappa shape index (κ1) is 9.46. The molecule has 0 aliphatic carbocycles. The highest BCUT2D eigenvalue weighted by Gasteiger charge is 2.20. The first-order valence-corrected chi connectivity index (χ1v) is 4.02. The maximum Gasteiger partial charge on any atom is 0.423 e. The number of carbonyl (C=O) groups excluding carboxylic acids is 1. The van der Waals surface area contributed by atoms with Crippen molar-refractivity contribution in [2.75, 3.05) is 13.1 Å². The summed E-state index contributed by atoms with van der Waals surface area (Å²) in [6.07, 6.45) is 3.69. The van der Waals surface area contributed by atoms with Crippen LogP contribution in [0.5, 0.6) is 0 Å². The first-order valence-electron chi connectivity index (χ1n) is 4.02. The molecular formula is C9H11NO3. The summed E-state index contributed by atoms with van der Waals surface area (Å²) < 4.78 is 4.59. The molecule has 1 aliphatic rings. The average molecular weight is 181 g/mol. The van der Waals surface area contributed by atoms with Crippen LogP contribution >= 0.6 is 0 Å². The third-order valence-electron chi connectivity index (χ3n) is 1.69. The second-order valence-electron chi connectivity index (χ2n) is 2.75. The van der Waals surface area contributed by atoms with Gasteiger partial charge >= 0.3 is 6.09 Å². The molecule has 4 nitrogen and oxygen atoms in total. The molecule has 1 rings (SSSR count). The molecule has 0 saturated carbocycles. The Morgan fingerprint density at radius 1 is 1.62 bits per heavy atom. The van der Waals surface area contributed by atoms with E-state index in [4.69, 9.17) is 5.11 Å². The van der Waals surface area contributed by atoms with Gasteiger partial charge in [-0.15, -0.1) is 0 Å². The van der Waals surface area contributed by atoms with Crippen LogP contribution in [-0.2, 0) is 4.74 Å². The van der Waals surface area contributed by atoms with E-state index in [1.54, 1.807) is 11.8 Å². The zero-order valence-electron chi connectivity index (χ0n) is 7.41. The van der Waals surface area contributed by atoms with Gasteiger partial charge in [0.1, 0.15) is 6.11 Å². The Labute approximate surface area is 76.8 Å². The van der Waals surface area contributed by atoms with Crippen LogP contribution in [0, 0.1) is 12.0 Å². The summed E-state index contributed by atoms with van der Waals surface area (Å²) in [6, 6.07) is 0. The lowest BCUT2D eigenvalue weighted by Gasteiger charge is -2.28. The fourth-order valence-corrected chi connectivity index (χ4v) is 0.745. The summed E-state index contributed by atoms with van der Waals surface area (Å²) in [6.45, 7) is 3.11. The normalized spacial score (nSPS) is 15.5. The topological polar surface area (TPSA) is 49.8 Å². The Kier molecular flexibility index (Phi) is 3.21. The van der Waals surface area contributed by atoms with Gasteiger partial charge in [0.05, 0.1) is 6.26 Å². The minimum absolute atomic E-state index is 0.413. The van der Waals surface area contributed by atoms with Crippen molar-refractivity contribution in [2.45, 2.75) is 13.3 Å². The second kappa shape index (κ2) is 4.41. The number of carbonyl (C=O) groups is 1. The molecule has 0 aromatic heterocycles. The molecule has 1 heterocycles. The molecular weight excluding hydrogens is 170 g/mol. The van der Waals surface area contributed by atoms with Crippen molar-refractivity contribution in [1.29, 1.82) is 0 Å². The maximum absolute atomic E-state index is 11.0. The highest BCUT2D eigenvalue weighted by molar-refractivity contribution is 5.69. The van der Waals surface area contributed by atoms with Gasteiger partial charge in [0.25, 0.3) is 0 Å². The first-order chi connectivity index (χ1) is 6.24. The molecule has 0 atom stereocenters. The molecule has 1 aliphatic heterocycles. The van der Waals surface area contributed by atoms with Crippen LogP contribution in [0.25, 0.3) is 0 Å². The van der Waals surface area contributed by atoms with Crippen molar-refractivity contribution in [3.63, 3.8) is 0 Å². The third kappa shape index (κ3) is 2.71. The summed E-state index contributed by atoms with van der Waals surface area (Å²) in [4.78, 5) is 12.6. The van der Waals surface area contributed by atoms with Crippen LogP contribution in [0.15, 0.2) is 11.8 Å². The van der Waals surface area contributed by atoms with Crippen molar-refractivity contribution >= 4 is 6.09 Å². The van der Waals surface area contributed by atoms with Crippen molar-refractivity contribution in [3.8, 4) is 12.0 Å². The number of hydrogen-bond acceptors (Lipinski definition) is 3. The quantitative estimate of drug-likeness (QED) is 0.452. The van der Waals surface area contributed by atoms with E-state index in [2.05, 4.69) is 16.8 Å². The molecule has 0 aromatic rings. The molecule has 4 heteroatoms. The minimum Gasteiger partial charge on any atom is -0.515 e. The van der Waals surface area contributed by atoms with E-state index in [0.29, 0.717) is 5.57 Å². The number of hydrogen-bond donors (Lipinski definition) is 1. The minimum atomic E-state index is -0.413. The van der Waals surface area contributed by atoms with Gasteiger partial charge in [0.2, 0.25) is 0 Å². The van der Waals surface area contributed by atoms with E-state index in [-0.39, 0.29) is 0 Å². The van der Waals surface area contributed by atoms with Crippen molar-refractivity contribution < 1.29 is 14.6 Å². The van der Waals surface area contributed by atoms with Crippen LogP contribution < -0.4 is 0 Å². The third-order valence-corrected chi connectivity index (χ3v) is 1.69. The molecule has 70 valence electrons. The Morgan fingerprint density at radius 2 is 2.31 bits per heavy atom. The SMILES string of the molecule is C/C(C#COC(=O)N1CCC1)=C\O. The molecule has 13 heavy (non-hydrogen) atoms. The molecule has 0 aromatic carbocycles. The van der Waals surface area contributed by atoms with Crippen LogP contribution in [0.2, 0.25) is 0 Å². The maximum atomic E-state index is 11.0. The summed E-state index contributed by atoms with van der Waals surface area (Å²) in [5.74, 6) is 2.46. The predicted octanol–water partition coefficient (Wildman–Crippen LogP) is 1.25. The molecule has 1 fully saturated rings. The highest BCUT2D eigenvalue weighted by Crippen LogP contribution is 2.06. The lowest BCUT2D eigenvalue weighted by Crippen LogP contribution is -2.41. The van der Waals surface area contributed by atoms with Crippen LogP contribution in [0.1, 0.15) is 13.3 Å². The molecule has 0 spiro atoms. The van der Waals surface area contributed by atoms with E-state index in [9.17, 15) is 4.79 Å². The van der Waals surface area contributed by atoms with Gasteiger partial charge in [-0.25, -0.2) is 4.79 Å². The number of likely N-dealkylation sites (tertiary alicyclic amines) is 1. The van der Waals surface area contributed by atoms with Gasteiger partial charge in [-0.1, -0.05) is 0 Å². The molecule has 0 bridgehead atoms. The molecule has 0 unspecified atom stereocenters. The Bertz CT molecular complexity index is 281. The van der Waals surface area contributed by atoms with E-state index in [0.717, 1.165) is 25.8 Å². The van der Waals surface area contributed by atoms with Gasteiger partial charge < -0.3 is 14.7 Å². The fraction of sp³-hybridized carbons (Fsp3) is 0.444. The summed E-state index contributed by atoms with van der Waals surface area (Å²) in [5.41, 5.74) is 0.455. The molecule has 0 radical (unpaired) electrons. The average Bonchev–Trinajstić information content (AvgIpc) is 2.01. The van der Waals surface area contributed by atoms with Crippen LogP contribution in [0.4, 0.5) is 4.79 Å². The number of nitrogens with zero attached hydrogens (tertiary/aromatic N) is 1. The van der Waals surface area contributed by atoms with Crippen molar-refractivity contribution in [2.24, 2.45) is 0 Å². The van der Waals surface area contributed by atoms with E-state index in [1.165, 1.54) is 0 Å². The van der Waals surface area contributed by atoms with E-state index < -0.39 is 6.09 Å². The fourth-order valence-electron chi connectivity index (χ4n) is 0.745. The highest BCUT2D eigenvalue weighted by atomic mass is 16.5. The monoisotopic (exact) mass is 181 g/mol. The second-order valence-corrected chi connectivity index (χ2v) is 2.75. The van der Waals surface area contributed by atoms with Crippen LogP contribution in [0.3, 0.4) is 0 Å². The van der Waals surface area contributed by atoms with Crippen molar-refractivity contribution in [1.82, 2.24) is 4.90 Å². The van der Waals surface area contributed by atoms with Gasteiger partial charge in [0.15, 0.2) is 0 Å². The van der Waals surface area contributed by atoms with Gasteiger partial charge in [-0.3, -0.25) is 0 Å². The number of amides is 1. The van der Waals surface area contributed by atoms with Gasteiger partial charge in [0, 0.05) is 18.7 Å².